The largest absolute Gasteiger partial charge is 0.492 e. The van der Waals surface area contributed by atoms with E-state index in [0.29, 0.717) is 34.6 Å². The molecule has 2 rings (SSSR count). The Morgan fingerprint density at radius 2 is 2.19 bits per heavy atom. The van der Waals surface area contributed by atoms with E-state index in [-0.39, 0.29) is 0 Å². The molecule has 0 aliphatic heterocycles. The van der Waals surface area contributed by atoms with Crippen LogP contribution in [-0.4, -0.2) is 27.2 Å². The third-order valence-electron chi connectivity index (χ3n) is 1.87. The van der Waals surface area contributed by atoms with Crippen molar-refractivity contribution in [3.8, 4) is 5.75 Å². The normalized spacial score (nSPS) is 10.4. The van der Waals surface area contributed by atoms with Crippen LogP contribution in [0.2, 0.25) is 10.0 Å². The van der Waals surface area contributed by atoms with Crippen molar-refractivity contribution in [3.63, 3.8) is 0 Å². The smallest absolute Gasteiger partial charge is 0.177 e. The van der Waals surface area contributed by atoms with Crippen molar-refractivity contribution in [2.75, 3.05) is 6.61 Å². The molecule has 1 heterocycles. The third-order valence-corrected chi connectivity index (χ3v) is 2.40. The summed E-state index contributed by atoms with van der Waals surface area (Å²) in [6.07, 6.45) is 0.565. The van der Waals surface area contributed by atoms with E-state index >= 15 is 0 Å². The average molecular weight is 259 g/mol. The van der Waals surface area contributed by atoms with Crippen molar-refractivity contribution in [2.24, 2.45) is 0 Å². The second-order valence-electron chi connectivity index (χ2n) is 3.00. The first kappa shape index (κ1) is 11.2. The molecule has 0 saturated heterocycles. The molecule has 0 fully saturated rings. The number of tetrazole rings is 1. The molecule has 7 heteroatoms. The number of hydrogen-bond acceptors (Lipinski definition) is 4. The molecule has 1 N–H and O–H groups in total. The Morgan fingerprint density at radius 1 is 1.31 bits per heavy atom. The number of nitrogens with zero attached hydrogens (tertiary/aromatic N) is 3. The van der Waals surface area contributed by atoms with Crippen molar-refractivity contribution >= 4 is 23.2 Å². The molecule has 16 heavy (non-hydrogen) atoms. The average Bonchev–Trinajstić information content (AvgIpc) is 2.74. The lowest BCUT2D eigenvalue weighted by molar-refractivity contribution is 0.319. The minimum atomic E-state index is 0.431. The lowest BCUT2D eigenvalue weighted by Crippen LogP contribution is -2.03. The van der Waals surface area contributed by atoms with Gasteiger partial charge >= 0.3 is 0 Å². The molecule has 2 aromatic rings. The highest BCUT2D eigenvalue weighted by Gasteiger charge is 2.03. The highest BCUT2D eigenvalue weighted by Crippen LogP contribution is 2.27. The van der Waals surface area contributed by atoms with Gasteiger partial charge in [-0.1, -0.05) is 28.4 Å². The molecular formula is C9H8Cl2N4O. The molecule has 0 spiro atoms. The van der Waals surface area contributed by atoms with Crippen LogP contribution in [0.3, 0.4) is 0 Å². The number of H-pyrrole nitrogens is 1. The van der Waals surface area contributed by atoms with Crippen LogP contribution in [0, 0.1) is 0 Å². The fourth-order valence-electron chi connectivity index (χ4n) is 1.13. The van der Waals surface area contributed by atoms with Gasteiger partial charge in [-0.2, -0.15) is 5.21 Å². The Morgan fingerprint density at radius 3 is 2.88 bits per heavy atom. The van der Waals surface area contributed by atoms with Crippen molar-refractivity contribution in [2.45, 2.75) is 6.42 Å². The SMILES string of the molecule is Clc1ccc(OCCc2nn[nH]n2)c(Cl)c1. The number of aromatic nitrogens is 4. The van der Waals surface area contributed by atoms with Gasteiger partial charge in [-0.25, -0.2) is 0 Å². The Kier molecular flexibility index (Phi) is 3.58. The van der Waals surface area contributed by atoms with Gasteiger partial charge in [0.1, 0.15) is 5.75 Å². The summed E-state index contributed by atoms with van der Waals surface area (Å²) in [4.78, 5) is 0. The Balaban J connectivity index is 1.90. The number of ether oxygens (including phenoxy) is 1. The molecule has 0 unspecified atom stereocenters. The molecule has 0 atom stereocenters. The summed E-state index contributed by atoms with van der Waals surface area (Å²) >= 11 is 11.7. The summed E-state index contributed by atoms with van der Waals surface area (Å²) in [7, 11) is 0. The number of hydrogen-bond donors (Lipinski definition) is 1. The van der Waals surface area contributed by atoms with Crippen molar-refractivity contribution in [1.82, 2.24) is 20.6 Å². The molecule has 0 aliphatic rings. The van der Waals surface area contributed by atoms with Gasteiger partial charge in [0.15, 0.2) is 5.82 Å². The lowest BCUT2D eigenvalue weighted by atomic mass is 10.3. The van der Waals surface area contributed by atoms with E-state index in [2.05, 4.69) is 20.6 Å². The molecule has 5 nitrogen and oxygen atoms in total. The molecule has 0 bridgehead atoms. The maximum absolute atomic E-state index is 5.93. The quantitative estimate of drug-likeness (QED) is 0.913. The fraction of sp³-hybridized carbons (Fsp3) is 0.222. The van der Waals surface area contributed by atoms with Gasteiger partial charge < -0.3 is 4.74 Å². The number of rotatable bonds is 4. The van der Waals surface area contributed by atoms with E-state index in [4.69, 9.17) is 27.9 Å². The first-order chi connectivity index (χ1) is 7.75. The standard InChI is InChI=1S/C9H8Cl2N4O/c10-6-1-2-8(7(11)5-6)16-4-3-9-12-14-15-13-9/h1-2,5H,3-4H2,(H,12,13,14,15). The molecule has 84 valence electrons. The van der Waals surface area contributed by atoms with E-state index in [9.17, 15) is 0 Å². The fourth-order valence-corrected chi connectivity index (χ4v) is 1.60. The Bertz CT molecular complexity index is 461. The van der Waals surface area contributed by atoms with Crippen LogP contribution in [0.4, 0.5) is 0 Å². The molecule has 0 radical (unpaired) electrons. The minimum Gasteiger partial charge on any atom is -0.492 e. The van der Waals surface area contributed by atoms with E-state index in [0.717, 1.165) is 0 Å². The zero-order chi connectivity index (χ0) is 11.4. The van der Waals surface area contributed by atoms with Gasteiger partial charge in [0.05, 0.1) is 11.6 Å². The van der Waals surface area contributed by atoms with Crippen LogP contribution in [0.15, 0.2) is 18.2 Å². The second kappa shape index (κ2) is 5.14. The van der Waals surface area contributed by atoms with Gasteiger partial charge in [0.2, 0.25) is 0 Å². The van der Waals surface area contributed by atoms with Gasteiger partial charge in [-0.05, 0) is 18.2 Å². The minimum absolute atomic E-state index is 0.431. The van der Waals surface area contributed by atoms with E-state index in [1.165, 1.54) is 0 Å². The lowest BCUT2D eigenvalue weighted by Gasteiger charge is -2.06. The predicted molar refractivity (Wildman–Crippen MR) is 59.8 cm³/mol. The molecule has 1 aromatic heterocycles. The highest BCUT2D eigenvalue weighted by molar-refractivity contribution is 6.35. The van der Waals surface area contributed by atoms with Gasteiger partial charge in [0, 0.05) is 11.4 Å². The van der Waals surface area contributed by atoms with Gasteiger partial charge in [-0.15, -0.1) is 10.2 Å². The number of benzene rings is 1. The predicted octanol–water partition coefficient (Wildman–Crippen LogP) is 2.13. The summed E-state index contributed by atoms with van der Waals surface area (Å²) in [6.45, 7) is 0.431. The first-order valence-electron chi connectivity index (χ1n) is 4.56. The summed E-state index contributed by atoms with van der Waals surface area (Å²) in [5.41, 5.74) is 0. The number of halogens is 2. The highest BCUT2D eigenvalue weighted by atomic mass is 35.5. The van der Waals surface area contributed by atoms with Crippen LogP contribution in [-0.2, 0) is 6.42 Å². The second-order valence-corrected chi connectivity index (χ2v) is 3.84. The van der Waals surface area contributed by atoms with Crippen LogP contribution < -0.4 is 4.74 Å². The van der Waals surface area contributed by atoms with E-state index in [1.807, 2.05) is 0 Å². The van der Waals surface area contributed by atoms with Gasteiger partial charge in [0.25, 0.3) is 0 Å². The molecule has 0 saturated carbocycles. The summed E-state index contributed by atoms with van der Waals surface area (Å²) in [5, 5.41) is 14.5. The number of aromatic amines is 1. The van der Waals surface area contributed by atoms with Crippen LogP contribution in [0.25, 0.3) is 0 Å². The first-order valence-corrected chi connectivity index (χ1v) is 5.31. The summed E-state index contributed by atoms with van der Waals surface area (Å²) in [5.74, 6) is 1.19. The molecule has 0 amide bonds. The molecule has 0 aliphatic carbocycles. The van der Waals surface area contributed by atoms with Crippen LogP contribution in [0.1, 0.15) is 5.82 Å². The molecule has 1 aromatic carbocycles. The zero-order valence-corrected chi connectivity index (χ0v) is 9.66. The van der Waals surface area contributed by atoms with E-state index < -0.39 is 0 Å². The Labute approximate surface area is 102 Å². The summed E-state index contributed by atoms with van der Waals surface area (Å²) < 4.78 is 5.45. The van der Waals surface area contributed by atoms with Crippen molar-refractivity contribution < 1.29 is 4.74 Å². The monoisotopic (exact) mass is 258 g/mol. The third kappa shape index (κ3) is 2.84. The maximum Gasteiger partial charge on any atom is 0.177 e. The topological polar surface area (TPSA) is 63.7 Å². The molecular weight excluding hydrogens is 251 g/mol. The summed E-state index contributed by atoms with van der Waals surface area (Å²) in [6, 6.07) is 5.07. The van der Waals surface area contributed by atoms with Crippen LogP contribution >= 0.6 is 23.2 Å². The number of nitrogens with one attached hydrogen (secondary N) is 1. The zero-order valence-electron chi connectivity index (χ0n) is 8.15. The maximum atomic E-state index is 5.93. The van der Waals surface area contributed by atoms with Gasteiger partial charge in [-0.3, -0.25) is 0 Å². The van der Waals surface area contributed by atoms with E-state index in [1.54, 1.807) is 18.2 Å². The van der Waals surface area contributed by atoms with Crippen molar-refractivity contribution in [1.29, 1.82) is 0 Å². The Hall–Kier alpha value is -1.33. The van der Waals surface area contributed by atoms with Crippen LogP contribution in [0.5, 0.6) is 5.75 Å². The van der Waals surface area contributed by atoms with Crippen molar-refractivity contribution in [3.05, 3.63) is 34.1 Å².